The van der Waals surface area contributed by atoms with Crippen LogP contribution in [0.4, 0.5) is 0 Å². The zero-order chi connectivity index (χ0) is 9.52. The highest BCUT2D eigenvalue weighted by Gasteiger charge is 2.07. The standard InChI is InChI=1S/C10H8N2S/c11-7-10(13-8-12)6-9-4-2-1-3-5-9/h1-5,10H,6H2/t10-/m1/s1. The van der Waals surface area contributed by atoms with Gasteiger partial charge in [-0.15, -0.1) is 0 Å². The Labute approximate surface area is 81.8 Å². The van der Waals surface area contributed by atoms with Crippen molar-refractivity contribution in [1.82, 2.24) is 0 Å². The van der Waals surface area contributed by atoms with Crippen molar-refractivity contribution >= 4 is 11.8 Å². The van der Waals surface area contributed by atoms with Crippen molar-refractivity contribution < 1.29 is 0 Å². The summed E-state index contributed by atoms with van der Waals surface area (Å²) in [4.78, 5) is 0. The van der Waals surface area contributed by atoms with Gasteiger partial charge in [-0.1, -0.05) is 30.3 Å². The summed E-state index contributed by atoms with van der Waals surface area (Å²) in [6, 6.07) is 11.8. The van der Waals surface area contributed by atoms with Gasteiger partial charge in [0, 0.05) is 0 Å². The average molecular weight is 188 g/mol. The van der Waals surface area contributed by atoms with E-state index in [1.807, 2.05) is 35.7 Å². The fourth-order valence-electron chi connectivity index (χ4n) is 1.01. The summed E-state index contributed by atoms with van der Waals surface area (Å²) in [5.74, 6) is 0. The summed E-state index contributed by atoms with van der Waals surface area (Å²) in [5, 5.41) is 18.8. The third-order valence-electron chi connectivity index (χ3n) is 1.60. The molecule has 1 atom stereocenters. The normalized spacial score (nSPS) is 11.2. The van der Waals surface area contributed by atoms with E-state index in [0.29, 0.717) is 6.42 Å². The van der Waals surface area contributed by atoms with Crippen LogP contribution in [-0.2, 0) is 6.42 Å². The van der Waals surface area contributed by atoms with Gasteiger partial charge in [-0.05, 0) is 23.7 Å². The quantitative estimate of drug-likeness (QED) is 0.684. The monoisotopic (exact) mass is 188 g/mol. The molecule has 0 aliphatic carbocycles. The molecule has 0 heterocycles. The highest BCUT2D eigenvalue weighted by molar-refractivity contribution is 8.04. The highest BCUT2D eigenvalue weighted by atomic mass is 32.2. The molecule has 0 amide bonds. The Morgan fingerprint density at radius 3 is 2.46 bits per heavy atom. The summed E-state index contributed by atoms with van der Waals surface area (Å²) in [5.41, 5.74) is 1.09. The Balaban J connectivity index is 2.59. The molecule has 0 saturated carbocycles. The number of nitrogens with zero attached hydrogens (tertiary/aromatic N) is 2. The number of benzene rings is 1. The molecule has 0 aliphatic heterocycles. The van der Waals surface area contributed by atoms with E-state index in [2.05, 4.69) is 6.07 Å². The van der Waals surface area contributed by atoms with Gasteiger partial charge in [0.15, 0.2) is 0 Å². The molecule has 3 heteroatoms. The molecule has 0 bridgehead atoms. The average Bonchev–Trinajstić information content (AvgIpc) is 2.19. The minimum Gasteiger partial charge on any atom is -0.197 e. The van der Waals surface area contributed by atoms with Crippen LogP contribution in [0.25, 0.3) is 0 Å². The predicted molar refractivity (Wildman–Crippen MR) is 52.8 cm³/mol. The lowest BCUT2D eigenvalue weighted by Gasteiger charge is -2.02. The van der Waals surface area contributed by atoms with Crippen molar-refractivity contribution in [3.63, 3.8) is 0 Å². The number of hydrogen-bond acceptors (Lipinski definition) is 3. The third kappa shape index (κ3) is 3.19. The molecule has 13 heavy (non-hydrogen) atoms. The van der Waals surface area contributed by atoms with Crippen LogP contribution in [0, 0.1) is 22.0 Å². The van der Waals surface area contributed by atoms with Gasteiger partial charge in [-0.25, -0.2) is 0 Å². The Kier molecular flexibility index (Phi) is 3.88. The molecule has 1 aromatic carbocycles. The SMILES string of the molecule is N#CS[C@@H](C#N)Cc1ccccc1. The third-order valence-corrected chi connectivity index (χ3v) is 2.26. The number of thioether (sulfide) groups is 1. The molecule has 1 aromatic rings. The van der Waals surface area contributed by atoms with Crippen LogP contribution in [0.3, 0.4) is 0 Å². The van der Waals surface area contributed by atoms with E-state index in [4.69, 9.17) is 10.5 Å². The van der Waals surface area contributed by atoms with Crippen LogP contribution in [0.5, 0.6) is 0 Å². The molecule has 1 rings (SSSR count). The van der Waals surface area contributed by atoms with Crippen molar-refractivity contribution in [3.05, 3.63) is 35.9 Å². The summed E-state index contributed by atoms with van der Waals surface area (Å²) in [7, 11) is 0. The van der Waals surface area contributed by atoms with E-state index in [9.17, 15) is 0 Å². The number of rotatable bonds is 3. The zero-order valence-electron chi connectivity index (χ0n) is 6.97. The number of nitriles is 2. The maximum atomic E-state index is 8.70. The Bertz CT molecular complexity index is 334. The maximum Gasteiger partial charge on any atom is 0.134 e. The fourth-order valence-corrected chi connectivity index (χ4v) is 1.46. The lowest BCUT2D eigenvalue weighted by molar-refractivity contribution is 1.03. The van der Waals surface area contributed by atoms with Crippen LogP contribution in [-0.4, -0.2) is 5.25 Å². The molecule has 0 aromatic heterocycles. The first-order valence-electron chi connectivity index (χ1n) is 3.85. The Morgan fingerprint density at radius 1 is 1.23 bits per heavy atom. The van der Waals surface area contributed by atoms with E-state index in [1.54, 1.807) is 0 Å². The van der Waals surface area contributed by atoms with Gasteiger partial charge in [-0.3, -0.25) is 0 Å². The summed E-state index contributed by atoms with van der Waals surface area (Å²) in [6.45, 7) is 0. The van der Waals surface area contributed by atoms with Gasteiger partial charge in [0.1, 0.15) is 10.7 Å². The van der Waals surface area contributed by atoms with Crippen molar-refractivity contribution in [1.29, 1.82) is 10.5 Å². The highest BCUT2D eigenvalue weighted by Crippen LogP contribution is 2.14. The Morgan fingerprint density at radius 2 is 1.92 bits per heavy atom. The van der Waals surface area contributed by atoms with E-state index >= 15 is 0 Å². The molecule has 2 nitrogen and oxygen atoms in total. The van der Waals surface area contributed by atoms with Crippen LogP contribution in [0.2, 0.25) is 0 Å². The van der Waals surface area contributed by atoms with Gasteiger partial charge in [-0.2, -0.15) is 10.5 Å². The van der Waals surface area contributed by atoms with Gasteiger partial charge >= 0.3 is 0 Å². The van der Waals surface area contributed by atoms with Crippen LogP contribution >= 0.6 is 11.8 Å². The van der Waals surface area contributed by atoms with Gasteiger partial charge in [0.05, 0.1) is 6.07 Å². The molecule has 0 fully saturated rings. The van der Waals surface area contributed by atoms with Crippen molar-refractivity contribution in [2.75, 3.05) is 0 Å². The minimum absolute atomic E-state index is 0.257. The summed E-state index contributed by atoms with van der Waals surface area (Å²) in [6.07, 6.45) is 0.634. The summed E-state index contributed by atoms with van der Waals surface area (Å²) < 4.78 is 0. The second-order valence-corrected chi connectivity index (χ2v) is 3.50. The largest absolute Gasteiger partial charge is 0.197 e. The number of thiocyanates is 1. The van der Waals surface area contributed by atoms with E-state index in [-0.39, 0.29) is 5.25 Å². The van der Waals surface area contributed by atoms with Gasteiger partial charge in [0.2, 0.25) is 0 Å². The van der Waals surface area contributed by atoms with Crippen molar-refractivity contribution in [2.45, 2.75) is 11.7 Å². The smallest absolute Gasteiger partial charge is 0.134 e. The molecular formula is C10H8N2S. The molecule has 0 aliphatic rings. The summed E-state index contributed by atoms with van der Waals surface area (Å²) >= 11 is 1.02. The van der Waals surface area contributed by atoms with Crippen molar-refractivity contribution in [3.8, 4) is 11.5 Å². The maximum absolute atomic E-state index is 8.70. The molecule has 0 spiro atoms. The molecular weight excluding hydrogens is 180 g/mol. The van der Waals surface area contributed by atoms with Gasteiger partial charge in [0.25, 0.3) is 0 Å². The zero-order valence-corrected chi connectivity index (χ0v) is 7.79. The minimum atomic E-state index is -0.257. The molecule has 0 radical (unpaired) electrons. The van der Waals surface area contributed by atoms with E-state index in [1.165, 1.54) is 0 Å². The first-order valence-corrected chi connectivity index (χ1v) is 4.73. The first kappa shape index (κ1) is 9.64. The Hall–Kier alpha value is -1.45. The van der Waals surface area contributed by atoms with Crippen LogP contribution in [0.15, 0.2) is 30.3 Å². The second-order valence-electron chi connectivity index (χ2n) is 2.52. The van der Waals surface area contributed by atoms with E-state index in [0.717, 1.165) is 17.3 Å². The van der Waals surface area contributed by atoms with Crippen molar-refractivity contribution in [2.24, 2.45) is 0 Å². The lowest BCUT2D eigenvalue weighted by atomic mass is 10.1. The van der Waals surface area contributed by atoms with E-state index < -0.39 is 0 Å². The van der Waals surface area contributed by atoms with Crippen LogP contribution < -0.4 is 0 Å². The topological polar surface area (TPSA) is 47.6 Å². The molecule has 0 saturated heterocycles. The van der Waals surface area contributed by atoms with Crippen LogP contribution in [0.1, 0.15) is 5.56 Å². The molecule has 0 N–H and O–H groups in total. The first-order chi connectivity index (χ1) is 6.36. The predicted octanol–water partition coefficient (Wildman–Crippen LogP) is 2.34. The molecule has 0 unspecified atom stereocenters. The molecule has 64 valence electrons. The lowest BCUT2D eigenvalue weighted by Crippen LogP contribution is -2.02. The number of hydrogen-bond donors (Lipinski definition) is 0. The second kappa shape index (κ2) is 5.24. The van der Waals surface area contributed by atoms with Gasteiger partial charge < -0.3 is 0 Å². The fraction of sp³-hybridized carbons (Fsp3) is 0.200.